The Bertz CT molecular complexity index is 737. The fourth-order valence-electron chi connectivity index (χ4n) is 3.55. The molecule has 25 heavy (non-hydrogen) atoms. The molecule has 2 aliphatic rings. The van der Waals surface area contributed by atoms with Gasteiger partial charge in [-0.2, -0.15) is 0 Å². The molecule has 2 aromatic heterocycles. The average Bonchev–Trinajstić information content (AvgIpc) is 3.03. The predicted molar refractivity (Wildman–Crippen MR) is 93.0 cm³/mol. The molecule has 8 heteroatoms. The largest absolute Gasteiger partial charge is 0.338 e. The molecular weight excluding hydrogens is 318 g/mol. The monoisotopic (exact) mass is 341 g/mol. The molecule has 0 unspecified atom stereocenters. The van der Waals surface area contributed by atoms with Crippen LogP contribution in [0.3, 0.4) is 0 Å². The number of amides is 1. The van der Waals surface area contributed by atoms with Gasteiger partial charge in [0.15, 0.2) is 0 Å². The molecule has 2 aromatic rings. The van der Waals surface area contributed by atoms with Gasteiger partial charge in [-0.25, -0.2) is 15.0 Å². The third kappa shape index (κ3) is 3.34. The lowest BCUT2D eigenvalue weighted by molar-refractivity contribution is -0.133. The Kier molecular flexibility index (Phi) is 4.35. The summed E-state index contributed by atoms with van der Waals surface area (Å²) < 4.78 is 2.08. The van der Waals surface area contributed by atoms with Crippen LogP contribution < -0.4 is 4.90 Å². The highest BCUT2D eigenvalue weighted by Crippen LogP contribution is 2.17. The smallest absolute Gasteiger partial charge is 0.236 e. The van der Waals surface area contributed by atoms with Gasteiger partial charge in [0.25, 0.3) is 0 Å². The summed E-state index contributed by atoms with van der Waals surface area (Å²) in [7, 11) is 2.03. The minimum Gasteiger partial charge on any atom is -0.338 e. The molecular formula is C17H23N7O. The Labute approximate surface area is 147 Å². The zero-order valence-corrected chi connectivity index (χ0v) is 14.5. The van der Waals surface area contributed by atoms with Gasteiger partial charge in [-0.3, -0.25) is 9.69 Å². The predicted octanol–water partition coefficient (Wildman–Crippen LogP) is -0.0830. The number of hydrogen-bond acceptors (Lipinski definition) is 6. The minimum atomic E-state index is 0.202. The second-order valence-electron chi connectivity index (χ2n) is 6.63. The second kappa shape index (κ2) is 6.79. The van der Waals surface area contributed by atoms with E-state index in [0.717, 1.165) is 57.3 Å². The van der Waals surface area contributed by atoms with Crippen LogP contribution in [0.4, 0.5) is 5.95 Å². The highest BCUT2D eigenvalue weighted by atomic mass is 16.2. The summed E-state index contributed by atoms with van der Waals surface area (Å²) >= 11 is 0. The highest BCUT2D eigenvalue weighted by Gasteiger charge is 2.26. The van der Waals surface area contributed by atoms with Crippen LogP contribution in [0.5, 0.6) is 0 Å². The van der Waals surface area contributed by atoms with Crippen LogP contribution in [0.25, 0.3) is 0 Å². The molecule has 0 atom stereocenters. The number of carbonyl (C=O) groups is 1. The van der Waals surface area contributed by atoms with Gasteiger partial charge in [0.05, 0.1) is 18.6 Å². The number of anilines is 1. The third-order valence-electron chi connectivity index (χ3n) is 5.01. The van der Waals surface area contributed by atoms with Gasteiger partial charge in [-0.05, 0) is 6.07 Å². The summed E-state index contributed by atoms with van der Waals surface area (Å²) in [4.78, 5) is 31.9. The van der Waals surface area contributed by atoms with Crippen molar-refractivity contribution in [3.05, 3.63) is 36.2 Å². The molecule has 1 saturated heterocycles. The maximum absolute atomic E-state index is 12.6. The number of aryl methyl sites for hydroxylation is 1. The highest BCUT2D eigenvalue weighted by molar-refractivity contribution is 5.78. The summed E-state index contributed by atoms with van der Waals surface area (Å²) in [6.45, 7) is 5.15. The van der Waals surface area contributed by atoms with Crippen molar-refractivity contribution < 1.29 is 4.79 Å². The van der Waals surface area contributed by atoms with Crippen molar-refractivity contribution in [2.45, 2.75) is 13.0 Å². The molecule has 0 saturated carbocycles. The fraction of sp³-hybridized carbons (Fsp3) is 0.529. The summed E-state index contributed by atoms with van der Waals surface area (Å²) in [5.74, 6) is 0.946. The summed E-state index contributed by atoms with van der Waals surface area (Å²) in [6, 6.07) is 1.81. The Morgan fingerprint density at radius 1 is 1.08 bits per heavy atom. The van der Waals surface area contributed by atoms with Gasteiger partial charge in [-0.15, -0.1) is 0 Å². The van der Waals surface area contributed by atoms with E-state index in [1.165, 1.54) is 5.69 Å². The van der Waals surface area contributed by atoms with Crippen molar-refractivity contribution in [2.24, 2.45) is 7.05 Å². The average molecular weight is 341 g/mol. The maximum atomic E-state index is 12.6. The molecule has 0 aliphatic carbocycles. The Morgan fingerprint density at radius 2 is 1.84 bits per heavy atom. The van der Waals surface area contributed by atoms with Crippen LogP contribution in [0.2, 0.25) is 0 Å². The van der Waals surface area contributed by atoms with Crippen molar-refractivity contribution in [1.82, 2.24) is 29.3 Å². The van der Waals surface area contributed by atoms with Crippen LogP contribution in [0, 0.1) is 0 Å². The first-order chi connectivity index (χ1) is 12.2. The molecule has 2 aliphatic heterocycles. The van der Waals surface area contributed by atoms with Crippen molar-refractivity contribution >= 4 is 11.9 Å². The number of carbonyl (C=O) groups excluding carboxylic acids is 1. The van der Waals surface area contributed by atoms with Crippen LogP contribution in [-0.2, 0) is 24.8 Å². The standard InChI is InChI=1S/C17H23N7O/c1-21-13-20-14-11-22(6-3-15(14)21)12-16(25)23-7-9-24(10-8-23)17-18-4-2-5-19-17/h2,4-5,13H,3,6-12H2,1H3. The van der Waals surface area contributed by atoms with Gasteiger partial charge in [-0.1, -0.05) is 0 Å². The number of imidazole rings is 1. The lowest BCUT2D eigenvalue weighted by Crippen LogP contribution is -2.52. The fourth-order valence-corrected chi connectivity index (χ4v) is 3.55. The first-order valence-electron chi connectivity index (χ1n) is 8.72. The molecule has 132 valence electrons. The molecule has 8 nitrogen and oxygen atoms in total. The minimum absolute atomic E-state index is 0.202. The summed E-state index contributed by atoms with van der Waals surface area (Å²) in [5, 5.41) is 0. The van der Waals surface area contributed by atoms with Crippen molar-refractivity contribution in [1.29, 1.82) is 0 Å². The van der Waals surface area contributed by atoms with Gasteiger partial charge in [0.2, 0.25) is 11.9 Å². The molecule has 1 amide bonds. The summed E-state index contributed by atoms with van der Waals surface area (Å²) in [5.41, 5.74) is 2.40. The Hall–Kier alpha value is -2.48. The number of hydrogen-bond donors (Lipinski definition) is 0. The van der Waals surface area contributed by atoms with E-state index in [-0.39, 0.29) is 5.91 Å². The quantitative estimate of drug-likeness (QED) is 0.778. The second-order valence-corrected chi connectivity index (χ2v) is 6.63. The van der Waals surface area contributed by atoms with Gasteiger partial charge in [0, 0.05) is 70.8 Å². The molecule has 0 aromatic carbocycles. The first kappa shape index (κ1) is 16.0. The van der Waals surface area contributed by atoms with Crippen molar-refractivity contribution in [3.63, 3.8) is 0 Å². The molecule has 0 radical (unpaired) electrons. The molecule has 4 heterocycles. The molecule has 0 bridgehead atoms. The van der Waals surface area contributed by atoms with Crippen LogP contribution in [-0.4, -0.2) is 74.5 Å². The van der Waals surface area contributed by atoms with Gasteiger partial charge in [0.1, 0.15) is 0 Å². The number of nitrogens with zero attached hydrogens (tertiary/aromatic N) is 7. The molecule has 0 N–H and O–H groups in total. The zero-order valence-electron chi connectivity index (χ0n) is 14.5. The number of fused-ring (bicyclic) bond motifs is 1. The van der Waals surface area contributed by atoms with Gasteiger partial charge < -0.3 is 14.4 Å². The van der Waals surface area contributed by atoms with E-state index in [2.05, 4.69) is 29.3 Å². The number of rotatable bonds is 3. The zero-order chi connectivity index (χ0) is 17.2. The van der Waals surface area contributed by atoms with Crippen molar-refractivity contribution in [3.8, 4) is 0 Å². The van der Waals surface area contributed by atoms with E-state index >= 15 is 0 Å². The third-order valence-corrected chi connectivity index (χ3v) is 5.01. The topological polar surface area (TPSA) is 70.4 Å². The van der Waals surface area contributed by atoms with Gasteiger partial charge >= 0.3 is 0 Å². The Morgan fingerprint density at radius 3 is 2.60 bits per heavy atom. The van der Waals surface area contributed by atoms with E-state index in [1.54, 1.807) is 12.4 Å². The summed E-state index contributed by atoms with van der Waals surface area (Å²) in [6.07, 6.45) is 6.32. The number of piperazine rings is 1. The number of aromatic nitrogens is 4. The van der Waals surface area contributed by atoms with E-state index < -0.39 is 0 Å². The maximum Gasteiger partial charge on any atom is 0.236 e. The lowest BCUT2D eigenvalue weighted by Gasteiger charge is -2.36. The lowest BCUT2D eigenvalue weighted by atomic mass is 10.1. The molecule has 1 fully saturated rings. The normalized spacial score (nSPS) is 18.3. The Balaban J connectivity index is 1.30. The van der Waals surface area contributed by atoms with E-state index in [9.17, 15) is 4.79 Å². The van der Waals surface area contributed by atoms with E-state index in [4.69, 9.17) is 0 Å². The first-order valence-corrected chi connectivity index (χ1v) is 8.72. The van der Waals surface area contributed by atoms with E-state index in [0.29, 0.717) is 6.54 Å². The molecule has 4 rings (SSSR count). The van der Waals surface area contributed by atoms with E-state index in [1.807, 2.05) is 24.3 Å². The SMILES string of the molecule is Cn1cnc2c1CCN(CC(=O)N1CCN(c3ncccn3)CC1)C2. The van der Waals surface area contributed by atoms with Crippen LogP contribution >= 0.6 is 0 Å². The van der Waals surface area contributed by atoms with Crippen molar-refractivity contribution in [2.75, 3.05) is 44.2 Å². The van der Waals surface area contributed by atoms with Crippen LogP contribution in [0.15, 0.2) is 24.8 Å². The molecule has 0 spiro atoms. The van der Waals surface area contributed by atoms with Crippen LogP contribution in [0.1, 0.15) is 11.4 Å².